The highest BCUT2D eigenvalue weighted by Gasteiger charge is 2.20. The fourth-order valence-electron chi connectivity index (χ4n) is 2.19. The van der Waals surface area contributed by atoms with Gasteiger partial charge < -0.3 is 11.1 Å². The van der Waals surface area contributed by atoms with Gasteiger partial charge in [0.25, 0.3) is 0 Å². The number of nitrogens with one attached hydrogen (secondary N) is 1. The van der Waals surface area contributed by atoms with Crippen molar-refractivity contribution in [3.05, 3.63) is 0 Å². The molecule has 1 aliphatic rings. The van der Waals surface area contributed by atoms with Gasteiger partial charge in [-0.3, -0.25) is 4.99 Å². The second kappa shape index (κ2) is 6.70. The van der Waals surface area contributed by atoms with Crippen LogP contribution >= 0.6 is 0 Å². The quantitative estimate of drug-likeness (QED) is 0.553. The lowest BCUT2D eigenvalue weighted by Gasteiger charge is -2.27. The van der Waals surface area contributed by atoms with Crippen LogP contribution in [0.25, 0.3) is 0 Å². The van der Waals surface area contributed by atoms with E-state index in [9.17, 15) is 0 Å². The zero-order chi connectivity index (χ0) is 11.1. The molecule has 1 aliphatic carbocycles. The van der Waals surface area contributed by atoms with Gasteiger partial charge in [-0.1, -0.05) is 33.1 Å². The molecule has 15 heavy (non-hydrogen) atoms. The predicted molar refractivity (Wildman–Crippen MR) is 65.9 cm³/mol. The Morgan fingerprint density at radius 3 is 2.80 bits per heavy atom. The predicted octanol–water partition coefficient (Wildman–Crippen LogP) is 2.13. The molecule has 0 aromatic heterocycles. The normalized spacial score (nSPS) is 27.7. The smallest absolute Gasteiger partial charge is 0.188 e. The zero-order valence-electron chi connectivity index (χ0n) is 10.1. The maximum absolute atomic E-state index is 5.76. The Balaban J connectivity index is 2.27. The van der Waals surface area contributed by atoms with Crippen molar-refractivity contribution in [2.75, 3.05) is 13.1 Å². The molecule has 1 rings (SSSR count). The summed E-state index contributed by atoms with van der Waals surface area (Å²) in [5.74, 6) is 2.19. The molecule has 2 atom stereocenters. The molecule has 3 nitrogen and oxygen atoms in total. The summed E-state index contributed by atoms with van der Waals surface area (Å²) in [6.45, 7) is 6.30. The van der Waals surface area contributed by atoms with Gasteiger partial charge in [-0.15, -0.1) is 0 Å². The van der Waals surface area contributed by atoms with E-state index in [0.29, 0.717) is 5.96 Å². The Morgan fingerprint density at radius 2 is 2.13 bits per heavy atom. The number of nitrogens with zero attached hydrogens (tertiary/aromatic N) is 1. The molecule has 0 spiro atoms. The Labute approximate surface area is 93.5 Å². The maximum Gasteiger partial charge on any atom is 0.188 e. The van der Waals surface area contributed by atoms with Gasteiger partial charge in [0.1, 0.15) is 0 Å². The van der Waals surface area contributed by atoms with Crippen molar-refractivity contribution in [1.82, 2.24) is 5.32 Å². The van der Waals surface area contributed by atoms with Crippen molar-refractivity contribution >= 4 is 5.96 Å². The van der Waals surface area contributed by atoms with Crippen LogP contribution in [0.5, 0.6) is 0 Å². The first-order valence-corrected chi connectivity index (χ1v) is 6.27. The fraction of sp³-hybridized carbons (Fsp3) is 0.917. The number of nitrogens with two attached hydrogens (primary N) is 1. The van der Waals surface area contributed by atoms with E-state index in [1.807, 2.05) is 0 Å². The molecule has 3 N–H and O–H groups in total. The Kier molecular flexibility index (Phi) is 5.51. The lowest BCUT2D eigenvalue weighted by atomic mass is 9.80. The summed E-state index contributed by atoms with van der Waals surface area (Å²) in [6, 6.07) is 0. The third kappa shape index (κ3) is 4.54. The van der Waals surface area contributed by atoms with Gasteiger partial charge in [-0.05, 0) is 24.7 Å². The molecule has 3 heteroatoms. The van der Waals surface area contributed by atoms with Gasteiger partial charge in [0.2, 0.25) is 0 Å². The standard InChI is InChI=1S/C12H25N3/c1-3-8-14-12(13)15-9-11-7-5-4-6-10(11)2/h10-11H,3-9H2,1-2H3,(H3,13,14,15). The minimum Gasteiger partial charge on any atom is -0.370 e. The molecular weight excluding hydrogens is 186 g/mol. The summed E-state index contributed by atoms with van der Waals surface area (Å²) in [4.78, 5) is 4.42. The summed E-state index contributed by atoms with van der Waals surface area (Å²) >= 11 is 0. The minimum atomic E-state index is 0.620. The summed E-state index contributed by atoms with van der Waals surface area (Å²) in [7, 11) is 0. The molecule has 88 valence electrons. The highest BCUT2D eigenvalue weighted by atomic mass is 15.1. The number of aliphatic imine (C=N–C) groups is 1. The number of hydrogen-bond donors (Lipinski definition) is 2. The summed E-state index contributed by atoms with van der Waals surface area (Å²) in [5.41, 5.74) is 5.76. The van der Waals surface area contributed by atoms with Gasteiger partial charge in [-0.2, -0.15) is 0 Å². The van der Waals surface area contributed by atoms with Crippen LogP contribution in [-0.2, 0) is 0 Å². The molecule has 0 amide bonds. The van der Waals surface area contributed by atoms with Gasteiger partial charge in [0.05, 0.1) is 0 Å². The molecule has 0 aromatic rings. The number of hydrogen-bond acceptors (Lipinski definition) is 1. The highest BCUT2D eigenvalue weighted by Crippen LogP contribution is 2.29. The highest BCUT2D eigenvalue weighted by molar-refractivity contribution is 5.77. The van der Waals surface area contributed by atoms with Crippen molar-refractivity contribution in [2.24, 2.45) is 22.6 Å². The average molecular weight is 211 g/mol. The van der Waals surface area contributed by atoms with Crippen molar-refractivity contribution in [3.8, 4) is 0 Å². The number of rotatable bonds is 4. The van der Waals surface area contributed by atoms with E-state index >= 15 is 0 Å². The van der Waals surface area contributed by atoms with Crippen LogP contribution in [0, 0.1) is 11.8 Å². The van der Waals surface area contributed by atoms with Crippen LogP contribution in [0.4, 0.5) is 0 Å². The molecule has 2 unspecified atom stereocenters. The molecule has 1 fully saturated rings. The SMILES string of the molecule is CCCNC(N)=NCC1CCCCC1C. The summed E-state index contributed by atoms with van der Waals surface area (Å²) in [6.07, 6.45) is 6.54. The van der Waals surface area contributed by atoms with Crippen molar-refractivity contribution in [3.63, 3.8) is 0 Å². The molecule has 0 aliphatic heterocycles. The third-order valence-corrected chi connectivity index (χ3v) is 3.34. The maximum atomic E-state index is 5.76. The fourth-order valence-corrected chi connectivity index (χ4v) is 2.19. The first-order chi connectivity index (χ1) is 7.24. The van der Waals surface area contributed by atoms with Crippen LogP contribution in [0.2, 0.25) is 0 Å². The molecule has 0 bridgehead atoms. The van der Waals surface area contributed by atoms with Gasteiger partial charge in [0.15, 0.2) is 5.96 Å². The van der Waals surface area contributed by atoms with Gasteiger partial charge >= 0.3 is 0 Å². The summed E-state index contributed by atoms with van der Waals surface area (Å²) in [5, 5.41) is 3.11. The van der Waals surface area contributed by atoms with Crippen LogP contribution in [-0.4, -0.2) is 19.0 Å². The molecule has 0 heterocycles. The lowest BCUT2D eigenvalue weighted by Crippen LogP contribution is -2.33. The zero-order valence-corrected chi connectivity index (χ0v) is 10.1. The second-order valence-corrected chi connectivity index (χ2v) is 4.67. The second-order valence-electron chi connectivity index (χ2n) is 4.67. The Hall–Kier alpha value is -0.730. The van der Waals surface area contributed by atoms with Crippen LogP contribution in [0.3, 0.4) is 0 Å². The van der Waals surface area contributed by atoms with Crippen LogP contribution in [0.1, 0.15) is 46.0 Å². The van der Waals surface area contributed by atoms with E-state index in [4.69, 9.17) is 5.73 Å². The molecule has 0 radical (unpaired) electrons. The van der Waals surface area contributed by atoms with E-state index in [1.54, 1.807) is 0 Å². The van der Waals surface area contributed by atoms with E-state index in [2.05, 4.69) is 24.2 Å². The lowest BCUT2D eigenvalue weighted by molar-refractivity contribution is 0.263. The first-order valence-electron chi connectivity index (χ1n) is 6.27. The topological polar surface area (TPSA) is 50.4 Å². The van der Waals surface area contributed by atoms with Crippen molar-refractivity contribution in [1.29, 1.82) is 0 Å². The van der Waals surface area contributed by atoms with E-state index in [1.165, 1.54) is 25.7 Å². The average Bonchev–Trinajstić information content (AvgIpc) is 2.25. The first kappa shape index (κ1) is 12.3. The van der Waals surface area contributed by atoms with Crippen LogP contribution in [0.15, 0.2) is 4.99 Å². The molecular formula is C12H25N3. The monoisotopic (exact) mass is 211 g/mol. The van der Waals surface area contributed by atoms with Gasteiger partial charge in [0, 0.05) is 13.1 Å². The third-order valence-electron chi connectivity index (χ3n) is 3.34. The minimum absolute atomic E-state index is 0.620. The van der Waals surface area contributed by atoms with Crippen molar-refractivity contribution < 1.29 is 0 Å². The Morgan fingerprint density at radius 1 is 1.40 bits per heavy atom. The van der Waals surface area contributed by atoms with E-state index in [0.717, 1.165) is 31.3 Å². The Bertz CT molecular complexity index is 201. The molecule has 0 saturated heterocycles. The number of guanidine groups is 1. The van der Waals surface area contributed by atoms with Gasteiger partial charge in [-0.25, -0.2) is 0 Å². The van der Waals surface area contributed by atoms with E-state index < -0.39 is 0 Å². The molecule has 1 saturated carbocycles. The van der Waals surface area contributed by atoms with E-state index in [-0.39, 0.29) is 0 Å². The van der Waals surface area contributed by atoms with Crippen LogP contribution < -0.4 is 11.1 Å². The largest absolute Gasteiger partial charge is 0.370 e. The summed E-state index contributed by atoms with van der Waals surface area (Å²) < 4.78 is 0. The molecule has 0 aromatic carbocycles. The van der Waals surface area contributed by atoms with Crippen molar-refractivity contribution in [2.45, 2.75) is 46.0 Å².